The van der Waals surface area contributed by atoms with Crippen molar-refractivity contribution in [2.45, 2.75) is 51.6 Å². The van der Waals surface area contributed by atoms with Gasteiger partial charge in [0, 0.05) is 38.1 Å². The Balaban J connectivity index is 1.43. The zero-order valence-corrected chi connectivity index (χ0v) is 16.2. The lowest BCUT2D eigenvalue weighted by molar-refractivity contribution is -0.132. The summed E-state index contributed by atoms with van der Waals surface area (Å²) in [6.07, 6.45) is 2.26. The summed E-state index contributed by atoms with van der Waals surface area (Å²) >= 11 is 0. The number of hydrogen-bond acceptors (Lipinski definition) is 3. The van der Waals surface area contributed by atoms with Crippen LogP contribution < -0.4 is 5.32 Å². The number of rotatable bonds is 5. The largest absolute Gasteiger partial charge is 0.353 e. The SMILES string of the molecule is CC(C)N1CC(C(=O)NC2CCN(C(=O)Cc3ccccc3)CC2)CC1=O. The Morgan fingerprint density at radius 3 is 2.41 bits per heavy atom. The molecule has 0 saturated carbocycles. The molecule has 1 unspecified atom stereocenters. The summed E-state index contributed by atoms with van der Waals surface area (Å²) in [6.45, 7) is 5.79. The first-order valence-electron chi connectivity index (χ1n) is 9.85. The first kappa shape index (κ1) is 19.4. The maximum atomic E-state index is 12.5. The van der Waals surface area contributed by atoms with E-state index in [0.717, 1.165) is 18.4 Å². The minimum Gasteiger partial charge on any atom is -0.353 e. The Hall–Kier alpha value is -2.37. The molecular formula is C21H29N3O3. The van der Waals surface area contributed by atoms with Gasteiger partial charge in [-0.25, -0.2) is 0 Å². The van der Waals surface area contributed by atoms with Gasteiger partial charge >= 0.3 is 0 Å². The topological polar surface area (TPSA) is 69.7 Å². The molecule has 6 nitrogen and oxygen atoms in total. The van der Waals surface area contributed by atoms with E-state index in [2.05, 4.69) is 5.32 Å². The van der Waals surface area contributed by atoms with E-state index < -0.39 is 0 Å². The molecule has 1 aromatic rings. The number of piperidine rings is 1. The molecule has 3 rings (SSSR count). The Labute approximate surface area is 160 Å². The Morgan fingerprint density at radius 1 is 1.15 bits per heavy atom. The van der Waals surface area contributed by atoms with Gasteiger partial charge in [0.15, 0.2) is 0 Å². The lowest BCUT2D eigenvalue weighted by Gasteiger charge is -2.33. The van der Waals surface area contributed by atoms with Crippen LogP contribution in [0.15, 0.2) is 30.3 Å². The molecule has 3 amide bonds. The van der Waals surface area contributed by atoms with Crippen LogP contribution in [0.25, 0.3) is 0 Å². The van der Waals surface area contributed by atoms with Crippen LogP contribution in [-0.2, 0) is 20.8 Å². The van der Waals surface area contributed by atoms with Crippen LogP contribution in [0.3, 0.4) is 0 Å². The van der Waals surface area contributed by atoms with E-state index in [4.69, 9.17) is 0 Å². The molecule has 0 aromatic heterocycles. The smallest absolute Gasteiger partial charge is 0.226 e. The molecule has 2 aliphatic heterocycles. The van der Waals surface area contributed by atoms with Crippen molar-refractivity contribution >= 4 is 17.7 Å². The zero-order valence-electron chi connectivity index (χ0n) is 16.2. The highest BCUT2D eigenvalue weighted by molar-refractivity contribution is 5.89. The second kappa shape index (κ2) is 8.55. The Kier molecular flexibility index (Phi) is 6.14. The summed E-state index contributed by atoms with van der Waals surface area (Å²) < 4.78 is 0. The first-order chi connectivity index (χ1) is 12.9. The minimum atomic E-state index is -0.252. The Bertz CT molecular complexity index is 681. The first-order valence-corrected chi connectivity index (χ1v) is 9.85. The quantitative estimate of drug-likeness (QED) is 0.855. The van der Waals surface area contributed by atoms with E-state index in [1.165, 1.54) is 0 Å². The van der Waals surface area contributed by atoms with E-state index in [1.54, 1.807) is 4.90 Å². The predicted octanol–water partition coefficient (Wildman–Crippen LogP) is 1.59. The minimum absolute atomic E-state index is 0.0273. The number of hydrogen-bond donors (Lipinski definition) is 1. The molecule has 1 N–H and O–H groups in total. The van der Waals surface area contributed by atoms with E-state index >= 15 is 0 Å². The summed E-state index contributed by atoms with van der Waals surface area (Å²) in [6, 6.07) is 9.98. The van der Waals surface area contributed by atoms with Gasteiger partial charge in [0.05, 0.1) is 12.3 Å². The van der Waals surface area contributed by atoms with Crippen molar-refractivity contribution in [3.63, 3.8) is 0 Å². The standard InChI is InChI=1S/C21H29N3O3/c1-15(2)24-14-17(13-20(24)26)21(27)22-18-8-10-23(11-9-18)19(25)12-16-6-4-3-5-7-16/h3-7,15,17-18H,8-14H2,1-2H3,(H,22,27). The zero-order chi connectivity index (χ0) is 19.4. The fourth-order valence-electron chi connectivity index (χ4n) is 3.88. The summed E-state index contributed by atoms with van der Waals surface area (Å²) in [7, 11) is 0. The highest BCUT2D eigenvalue weighted by Gasteiger charge is 2.36. The van der Waals surface area contributed by atoms with E-state index in [0.29, 0.717) is 32.5 Å². The summed E-state index contributed by atoms with van der Waals surface area (Å²) in [5.41, 5.74) is 1.03. The normalized spacial score (nSPS) is 21.0. The van der Waals surface area contributed by atoms with Crippen molar-refractivity contribution in [3.05, 3.63) is 35.9 Å². The van der Waals surface area contributed by atoms with Gasteiger partial charge in [0.2, 0.25) is 17.7 Å². The predicted molar refractivity (Wildman–Crippen MR) is 103 cm³/mol. The molecule has 2 heterocycles. The van der Waals surface area contributed by atoms with Crippen LogP contribution >= 0.6 is 0 Å². The molecule has 6 heteroatoms. The van der Waals surface area contributed by atoms with Gasteiger partial charge in [-0.05, 0) is 32.3 Å². The molecular weight excluding hydrogens is 342 g/mol. The average molecular weight is 371 g/mol. The second-order valence-electron chi connectivity index (χ2n) is 7.87. The van der Waals surface area contributed by atoms with Gasteiger partial charge in [-0.15, -0.1) is 0 Å². The molecule has 1 aromatic carbocycles. The molecule has 146 valence electrons. The highest BCUT2D eigenvalue weighted by atomic mass is 16.2. The number of benzene rings is 1. The van der Waals surface area contributed by atoms with Crippen molar-refractivity contribution in [2.24, 2.45) is 5.92 Å². The molecule has 2 fully saturated rings. The third-order valence-electron chi connectivity index (χ3n) is 5.54. The molecule has 2 saturated heterocycles. The number of nitrogens with zero attached hydrogens (tertiary/aromatic N) is 2. The summed E-state index contributed by atoms with van der Waals surface area (Å²) in [5, 5.41) is 3.09. The van der Waals surface area contributed by atoms with Crippen LogP contribution in [0.5, 0.6) is 0 Å². The number of amides is 3. The second-order valence-corrected chi connectivity index (χ2v) is 7.87. The average Bonchev–Trinajstić information content (AvgIpc) is 3.05. The summed E-state index contributed by atoms with van der Waals surface area (Å²) in [5.74, 6) is -0.0791. The number of carbonyl (C=O) groups excluding carboxylic acids is 3. The van der Waals surface area contributed by atoms with E-state index in [-0.39, 0.29) is 35.7 Å². The number of nitrogens with one attached hydrogen (secondary N) is 1. The molecule has 0 aliphatic carbocycles. The van der Waals surface area contributed by atoms with Crippen molar-refractivity contribution in [2.75, 3.05) is 19.6 Å². The van der Waals surface area contributed by atoms with Crippen LogP contribution in [-0.4, -0.2) is 59.2 Å². The molecule has 0 spiro atoms. The van der Waals surface area contributed by atoms with Gasteiger partial charge < -0.3 is 15.1 Å². The highest BCUT2D eigenvalue weighted by Crippen LogP contribution is 2.21. The van der Waals surface area contributed by atoms with E-state index in [9.17, 15) is 14.4 Å². The Morgan fingerprint density at radius 2 is 1.81 bits per heavy atom. The molecule has 1 atom stereocenters. The molecule has 2 aliphatic rings. The van der Waals surface area contributed by atoms with Crippen LogP contribution in [0.2, 0.25) is 0 Å². The van der Waals surface area contributed by atoms with Crippen molar-refractivity contribution in [3.8, 4) is 0 Å². The lowest BCUT2D eigenvalue weighted by atomic mass is 10.0. The fourth-order valence-corrected chi connectivity index (χ4v) is 3.88. The van der Waals surface area contributed by atoms with Crippen LogP contribution in [0.4, 0.5) is 0 Å². The van der Waals surface area contributed by atoms with Crippen LogP contribution in [0, 0.1) is 5.92 Å². The van der Waals surface area contributed by atoms with Gasteiger partial charge in [-0.1, -0.05) is 30.3 Å². The maximum Gasteiger partial charge on any atom is 0.226 e. The third-order valence-corrected chi connectivity index (χ3v) is 5.54. The fraction of sp³-hybridized carbons (Fsp3) is 0.571. The maximum absolute atomic E-state index is 12.5. The number of carbonyl (C=O) groups is 3. The van der Waals surface area contributed by atoms with Gasteiger partial charge in [0.1, 0.15) is 0 Å². The third kappa shape index (κ3) is 4.87. The van der Waals surface area contributed by atoms with Crippen LogP contribution in [0.1, 0.15) is 38.7 Å². The van der Waals surface area contributed by atoms with Gasteiger partial charge in [-0.3, -0.25) is 14.4 Å². The molecule has 0 bridgehead atoms. The van der Waals surface area contributed by atoms with E-state index in [1.807, 2.05) is 49.1 Å². The van der Waals surface area contributed by atoms with Crippen molar-refractivity contribution in [1.29, 1.82) is 0 Å². The van der Waals surface area contributed by atoms with Crippen molar-refractivity contribution in [1.82, 2.24) is 15.1 Å². The molecule has 0 radical (unpaired) electrons. The lowest BCUT2D eigenvalue weighted by Crippen LogP contribution is -2.48. The van der Waals surface area contributed by atoms with Gasteiger partial charge in [-0.2, -0.15) is 0 Å². The monoisotopic (exact) mass is 371 g/mol. The number of likely N-dealkylation sites (tertiary alicyclic amines) is 2. The summed E-state index contributed by atoms with van der Waals surface area (Å²) in [4.78, 5) is 40.6. The van der Waals surface area contributed by atoms with Crippen molar-refractivity contribution < 1.29 is 14.4 Å². The molecule has 27 heavy (non-hydrogen) atoms. The van der Waals surface area contributed by atoms with Gasteiger partial charge in [0.25, 0.3) is 0 Å².